The Labute approximate surface area is 181 Å². The molecule has 2 aliphatic rings. The molecule has 2 heterocycles. The second-order valence-corrected chi connectivity index (χ2v) is 9.60. The van der Waals surface area contributed by atoms with Crippen LogP contribution in [0.4, 0.5) is 4.39 Å². The number of fused-ring (bicyclic) bond motifs is 1. The molecule has 0 unspecified atom stereocenters. The van der Waals surface area contributed by atoms with E-state index in [1.54, 1.807) is 19.1 Å². The van der Waals surface area contributed by atoms with Crippen molar-refractivity contribution in [3.63, 3.8) is 0 Å². The van der Waals surface area contributed by atoms with Crippen LogP contribution in [0.1, 0.15) is 24.0 Å². The van der Waals surface area contributed by atoms with Gasteiger partial charge in [0.15, 0.2) is 11.5 Å². The molecule has 2 aromatic rings. The number of carbonyl (C=O) groups is 1. The van der Waals surface area contributed by atoms with Gasteiger partial charge in [0.2, 0.25) is 15.9 Å². The maximum absolute atomic E-state index is 13.3. The number of amides is 1. The van der Waals surface area contributed by atoms with E-state index in [0.717, 1.165) is 23.3 Å². The number of carbonyl (C=O) groups excluding carboxylic acids is 1. The van der Waals surface area contributed by atoms with Crippen LogP contribution in [0.15, 0.2) is 41.3 Å². The predicted octanol–water partition coefficient (Wildman–Crippen LogP) is 2.58. The molecule has 0 aliphatic carbocycles. The summed E-state index contributed by atoms with van der Waals surface area (Å²) in [6, 6.07) is 7.75. The number of benzene rings is 2. The quantitative estimate of drug-likeness (QED) is 0.703. The number of rotatable bonds is 5. The fraction of sp³-hybridized carbons (Fsp3) is 0.409. The first-order chi connectivity index (χ1) is 14.8. The highest BCUT2D eigenvalue weighted by atomic mass is 32.2. The first-order valence-electron chi connectivity index (χ1n) is 10.1. The van der Waals surface area contributed by atoms with Gasteiger partial charge in [0.25, 0.3) is 0 Å². The molecular weight excluding hydrogens is 423 g/mol. The molecule has 1 atom stereocenters. The Morgan fingerprint density at radius 3 is 2.32 bits per heavy atom. The van der Waals surface area contributed by atoms with Gasteiger partial charge in [-0.05, 0) is 66.8 Å². The summed E-state index contributed by atoms with van der Waals surface area (Å²) in [6.07, 6.45) is 1.72. The Hall–Kier alpha value is -2.65. The molecular formula is C22H25FN2O5S. The van der Waals surface area contributed by atoms with Gasteiger partial charge in [-0.15, -0.1) is 0 Å². The van der Waals surface area contributed by atoms with Crippen molar-refractivity contribution in [1.29, 1.82) is 0 Å². The molecule has 0 bridgehead atoms. The van der Waals surface area contributed by atoms with Gasteiger partial charge < -0.3 is 14.4 Å². The Bertz CT molecular complexity index is 1090. The van der Waals surface area contributed by atoms with Gasteiger partial charge in [0.05, 0.1) is 19.1 Å². The van der Waals surface area contributed by atoms with Crippen molar-refractivity contribution in [3.05, 3.63) is 53.3 Å². The summed E-state index contributed by atoms with van der Waals surface area (Å²) >= 11 is 0. The smallest absolute Gasteiger partial charge is 0.243 e. The van der Waals surface area contributed by atoms with E-state index in [1.807, 2.05) is 12.1 Å². The molecule has 4 rings (SSSR count). The van der Waals surface area contributed by atoms with Crippen molar-refractivity contribution in [1.82, 2.24) is 9.21 Å². The summed E-state index contributed by atoms with van der Waals surface area (Å²) < 4.78 is 51.4. The minimum atomic E-state index is -3.89. The van der Waals surface area contributed by atoms with Crippen LogP contribution in [0.25, 0.3) is 0 Å². The van der Waals surface area contributed by atoms with E-state index in [-0.39, 0.29) is 17.3 Å². The largest absolute Gasteiger partial charge is 0.493 e. The van der Waals surface area contributed by atoms with Crippen LogP contribution in [0.5, 0.6) is 11.5 Å². The zero-order valence-electron chi connectivity index (χ0n) is 17.5. The summed E-state index contributed by atoms with van der Waals surface area (Å²) in [7, 11) is -0.741. The van der Waals surface area contributed by atoms with Gasteiger partial charge in [-0.3, -0.25) is 4.79 Å². The van der Waals surface area contributed by atoms with Crippen LogP contribution in [-0.2, 0) is 27.8 Å². The van der Waals surface area contributed by atoms with Crippen LogP contribution >= 0.6 is 0 Å². The molecule has 0 N–H and O–H groups in total. The van der Waals surface area contributed by atoms with Crippen LogP contribution in [0, 0.1) is 5.82 Å². The Kier molecular flexibility index (Phi) is 5.90. The maximum atomic E-state index is 13.3. The summed E-state index contributed by atoms with van der Waals surface area (Å²) in [4.78, 5) is 15.0. The molecule has 7 nitrogen and oxygen atoms in total. The molecule has 1 saturated heterocycles. The zero-order chi connectivity index (χ0) is 22.2. The monoisotopic (exact) mass is 448 g/mol. The maximum Gasteiger partial charge on any atom is 0.243 e. The number of hydrogen-bond donors (Lipinski definition) is 0. The molecule has 31 heavy (non-hydrogen) atoms. The van der Waals surface area contributed by atoms with Crippen molar-refractivity contribution in [2.24, 2.45) is 0 Å². The summed E-state index contributed by atoms with van der Waals surface area (Å²) in [5.41, 5.74) is 2.05. The highest BCUT2D eigenvalue weighted by molar-refractivity contribution is 7.89. The fourth-order valence-corrected chi connectivity index (χ4v) is 5.95. The third-order valence-corrected chi connectivity index (χ3v) is 7.86. The van der Waals surface area contributed by atoms with E-state index in [9.17, 15) is 17.6 Å². The van der Waals surface area contributed by atoms with Crippen molar-refractivity contribution < 1.29 is 27.1 Å². The van der Waals surface area contributed by atoms with Crippen molar-refractivity contribution in [2.45, 2.75) is 36.7 Å². The minimum absolute atomic E-state index is 0.00517. The molecule has 0 saturated carbocycles. The minimum Gasteiger partial charge on any atom is -0.493 e. The van der Waals surface area contributed by atoms with E-state index in [1.165, 1.54) is 16.4 Å². The molecule has 2 aliphatic heterocycles. The zero-order valence-corrected chi connectivity index (χ0v) is 18.3. The Morgan fingerprint density at radius 1 is 1.03 bits per heavy atom. The van der Waals surface area contributed by atoms with Gasteiger partial charge in [0.1, 0.15) is 11.9 Å². The summed E-state index contributed by atoms with van der Waals surface area (Å²) in [5.74, 6) is 0.529. The van der Waals surface area contributed by atoms with Crippen molar-refractivity contribution in [3.8, 4) is 11.5 Å². The number of halogens is 1. The average Bonchev–Trinajstić information content (AvgIpc) is 3.28. The molecule has 1 fully saturated rings. The van der Waals surface area contributed by atoms with E-state index >= 15 is 0 Å². The Balaban J connectivity index is 1.56. The number of nitrogens with zero attached hydrogens (tertiary/aromatic N) is 2. The molecule has 1 amide bonds. The molecule has 9 heteroatoms. The predicted molar refractivity (Wildman–Crippen MR) is 112 cm³/mol. The van der Waals surface area contributed by atoms with Crippen molar-refractivity contribution in [2.75, 3.05) is 27.3 Å². The second-order valence-electron chi connectivity index (χ2n) is 7.71. The lowest BCUT2D eigenvalue weighted by Gasteiger charge is -2.33. The lowest BCUT2D eigenvalue weighted by Crippen LogP contribution is -2.49. The normalized spacial score (nSPS) is 19.2. The Morgan fingerprint density at radius 2 is 1.68 bits per heavy atom. The van der Waals surface area contributed by atoms with Crippen LogP contribution in [0.2, 0.25) is 0 Å². The third kappa shape index (κ3) is 3.99. The highest BCUT2D eigenvalue weighted by Crippen LogP contribution is 2.34. The van der Waals surface area contributed by atoms with Gasteiger partial charge in [-0.1, -0.05) is 0 Å². The lowest BCUT2D eigenvalue weighted by molar-refractivity contribution is -0.135. The molecule has 0 radical (unpaired) electrons. The average molecular weight is 449 g/mol. The molecule has 0 spiro atoms. The number of ether oxygens (including phenoxy) is 2. The first-order valence-corrected chi connectivity index (χ1v) is 11.6. The number of hydrogen-bond acceptors (Lipinski definition) is 5. The standard InChI is InChI=1S/C22H25FN2O5S/c1-29-20-12-15-9-11-24(14-16(15)13-21(20)30-2)22(26)19-4-3-10-25(19)31(27,28)18-7-5-17(23)6-8-18/h5-8,12-13,19H,3-4,9-11,14H2,1-2H3/t19-/m1/s1. The van der Waals surface area contributed by atoms with Crippen LogP contribution in [-0.4, -0.2) is 56.9 Å². The van der Waals surface area contributed by atoms with E-state index in [0.29, 0.717) is 43.9 Å². The third-order valence-electron chi connectivity index (χ3n) is 5.94. The van der Waals surface area contributed by atoms with Gasteiger partial charge in [0, 0.05) is 19.6 Å². The van der Waals surface area contributed by atoms with Gasteiger partial charge >= 0.3 is 0 Å². The SMILES string of the molecule is COc1cc2c(cc1OC)CN(C(=O)[C@H]1CCCN1S(=O)(=O)c1ccc(F)cc1)CC2. The highest BCUT2D eigenvalue weighted by Gasteiger charge is 2.41. The van der Waals surface area contributed by atoms with E-state index < -0.39 is 21.9 Å². The lowest BCUT2D eigenvalue weighted by atomic mass is 9.98. The topological polar surface area (TPSA) is 76.2 Å². The molecule has 166 valence electrons. The first kappa shape index (κ1) is 21.6. The summed E-state index contributed by atoms with van der Waals surface area (Å²) in [5, 5.41) is 0. The number of sulfonamides is 1. The number of methoxy groups -OCH3 is 2. The van der Waals surface area contributed by atoms with Crippen LogP contribution < -0.4 is 9.47 Å². The molecule has 0 aromatic heterocycles. The fourth-order valence-electron chi connectivity index (χ4n) is 4.30. The van der Waals surface area contributed by atoms with E-state index in [2.05, 4.69) is 0 Å². The van der Waals surface area contributed by atoms with Crippen molar-refractivity contribution >= 4 is 15.9 Å². The second kappa shape index (κ2) is 8.47. The van der Waals surface area contributed by atoms with Gasteiger partial charge in [-0.2, -0.15) is 4.31 Å². The summed E-state index contributed by atoms with van der Waals surface area (Å²) in [6.45, 7) is 1.16. The van der Waals surface area contributed by atoms with Gasteiger partial charge in [-0.25, -0.2) is 12.8 Å². The van der Waals surface area contributed by atoms with E-state index in [4.69, 9.17) is 9.47 Å². The molecule has 2 aromatic carbocycles. The van der Waals surface area contributed by atoms with Crippen LogP contribution in [0.3, 0.4) is 0 Å².